The number of hydrogen-bond donors (Lipinski definition) is 1. The maximum absolute atomic E-state index is 13.1. The van der Waals surface area contributed by atoms with Gasteiger partial charge in [-0.1, -0.05) is 24.3 Å². The van der Waals surface area contributed by atoms with Crippen LogP contribution < -0.4 is 0 Å². The van der Waals surface area contributed by atoms with Gasteiger partial charge in [-0.15, -0.1) is 0 Å². The number of aliphatic hydroxyl groups is 1. The van der Waals surface area contributed by atoms with Crippen molar-refractivity contribution in [3.8, 4) is 0 Å². The van der Waals surface area contributed by atoms with Gasteiger partial charge in [0.05, 0.1) is 18.1 Å². The summed E-state index contributed by atoms with van der Waals surface area (Å²) in [5.74, 6) is -0.534. The largest absolute Gasteiger partial charge is 0.467 e. The number of esters is 2. The summed E-state index contributed by atoms with van der Waals surface area (Å²) < 4.78 is 10.5. The molecule has 1 heterocycles. The number of nitrogens with zero attached hydrogens (tertiary/aromatic N) is 1. The zero-order valence-corrected chi connectivity index (χ0v) is 17.8. The molecule has 1 amide bonds. The van der Waals surface area contributed by atoms with E-state index in [4.69, 9.17) is 9.47 Å². The molecule has 31 heavy (non-hydrogen) atoms. The molecule has 1 aliphatic heterocycles. The summed E-state index contributed by atoms with van der Waals surface area (Å²) in [7, 11) is 1.31. The van der Waals surface area contributed by atoms with Crippen LogP contribution in [0.15, 0.2) is 24.3 Å². The molecule has 0 aromatic heterocycles. The molecule has 7 heteroatoms. The summed E-state index contributed by atoms with van der Waals surface area (Å²) in [6.45, 7) is -0.120. The van der Waals surface area contributed by atoms with E-state index in [0.717, 1.165) is 43.2 Å². The molecule has 0 saturated heterocycles. The van der Waals surface area contributed by atoms with Crippen molar-refractivity contribution in [1.82, 2.24) is 4.90 Å². The highest BCUT2D eigenvalue weighted by Crippen LogP contribution is 2.61. The van der Waals surface area contributed by atoms with E-state index in [-0.39, 0.29) is 12.5 Å². The third-order valence-electron chi connectivity index (χ3n) is 7.83. The van der Waals surface area contributed by atoms with Crippen molar-refractivity contribution in [1.29, 1.82) is 0 Å². The topological polar surface area (TPSA) is 93.1 Å². The molecule has 4 bridgehead atoms. The van der Waals surface area contributed by atoms with Gasteiger partial charge in [-0.3, -0.25) is 9.59 Å². The molecule has 1 N–H and O–H groups in total. The van der Waals surface area contributed by atoms with Gasteiger partial charge in [0.15, 0.2) is 6.61 Å². The van der Waals surface area contributed by atoms with Gasteiger partial charge in [0, 0.05) is 13.0 Å². The van der Waals surface area contributed by atoms with E-state index in [2.05, 4.69) is 0 Å². The first-order chi connectivity index (χ1) is 14.8. The van der Waals surface area contributed by atoms with E-state index in [9.17, 15) is 19.5 Å². The van der Waals surface area contributed by atoms with Crippen LogP contribution in [0.5, 0.6) is 0 Å². The van der Waals surface area contributed by atoms with E-state index in [0.29, 0.717) is 24.7 Å². The van der Waals surface area contributed by atoms with Gasteiger partial charge in [0.25, 0.3) is 5.91 Å². The lowest BCUT2D eigenvalue weighted by molar-refractivity contribution is -0.197. The molecule has 4 saturated carbocycles. The van der Waals surface area contributed by atoms with E-state index in [1.807, 2.05) is 24.3 Å². The van der Waals surface area contributed by atoms with E-state index in [1.54, 1.807) is 0 Å². The Morgan fingerprint density at radius 2 is 1.77 bits per heavy atom. The number of ether oxygens (including phenoxy) is 2. The highest BCUT2D eigenvalue weighted by atomic mass is 16.5. The molecule has 7 nitrogen and oxygen atoms in total. The number of fused-ring (bicyclic) bond motifs is 1. The van der Waals surface area contributed by atoms with Crippen molar-refractivity contribution < 1.29 is 29.0 Å². The summed E-state index contributed by atoms with van der Waals surface area (Å²) in [5, 5.41) is 10.9. The van der Waals surface area contributed by atoms with Crippen LogP contribution in [0.1, 0.15) is 49.7 Å². The van der Waals surface area contributed by atoms with Crippen LogP contribution in [0.3, 0.4) is 0 Å². The van der Waals surface area contributed by atoms with Crippen molar-refractivity contribution in [3.63, 3.8) is 0 Å². The molecular formula is C24H29NO6. The van der Waals surface area contributed by atoms with Crippen molar-refractivity contribution in [3.05, 3.63) is 35.4 Å². The van der Waals surface area contributed by atoms with Crippen LogP contribution >= 0.6 is 0 Å². The Morgan fingerprint density at radius 1 is 1.10 bits per heavy atom. The number of amides is 1. The third kappa shape index (κ3) is 3.53. The number of methoxy groups -OCH3 is 1. The maximum Gasteiger partial charge on any atom is 0.328 e. The molecule has 6 rings (SSSR count). The predicted octanol–water partition coefficient (Wildman–Crippen LogP) is 1.99. The van der Waals surface area contributed by atoms with E-state index < -0.39 is 35.5 Å². The normalized spacial score (nSPS) is 35.4. The second-order valence-electron chi connectivity index (χ2n) is 10.1. The van der Waals surface area contributed by atoms with Crippen molar-refractivity contribution in [2.75, 3.05) is 13.7 Å². The minimum atomic E-state index is -0.764. The zero-order valence-electron chi connectivity index (χ0n) is 17.8. The first-order valence-electron chi connectivity index (χ1n) is 11.1. The molecule has 4 fully saturated rings. The highest BCUT2D eigenvalue weighted by molar-refractivity contribution is 5.88. The lowest BCUT2D eigenvalue weighted by Crippen LogP contribution is -2.58. The molecule has 2 unspecified atom stereocenters. The number of carbonyl (C=O) groups excluding carboxylic acids is 3. The lowest BCUT2D eigenvalue weighted by Gasteiger charge is -2.58. The summed E-state index contributed by atoms with van der Waals surface area (Å²) in [4.78, 5) is 39.9. The van der Waals surface area contributed by atoms with Crippen LogP contribution in [-0.4, -0.2) is 53.2 Å². The monoisotopic (exact) mass is 427 g/mol. The Hall–Kier alpha value is -2.41. The Bertz CT molecular complexity index is 912. The predicted molar refractivity (Wildman–Crippen MR) is 110 cm³/mol. The minimum Gasteiger partial charge on any atom is -0.467 e. The quantitative estimate of drug-likeness (QED) is 0.739. The van der Waals surface area contributed by atoms with Crippen LogP contribution in [0, 0.1) is 17.3 Å². The van der Waals surface area contributed by atoms with Crippen LogP contribution in [0.25, 0.3) is 0 Å². The van der Waals surface area contributed by atoms with Crippen molar-refractivity contribution in [2.45, 2.75) is 63.1 Å². The van der Waals surface area contributed by atoms with Crippen molar-refractivity contribution >= 4 is 17.8 Å². The van der Waals surface area contributed by atoms with Gasteiger partial charge >= 0.3 is 11.9 Å². The molecule has 166 valence electrons. The minimum absolute atomic E-state index is 0.279. The van der Waals surface area contributed by atoms with Gasteiger partial charge in [0.2, 0.25) is 0 Å². The summed E-state index contributed by atoms with van der Waals surface area (Å²) >= 11 is 0. The lowest BCUT2D eigenvalue weighted by atomic mass is 9.48. The molecular weight excluding hydrogens is 398 g/mol. The molecule has 1 aromatic carbocycles. The number of hydrogen-bond acceptors (Lipinski definition) is 6. The summed E-state index contributed by atoms with van der Waals surface area (Å²) in [6.07, 6.45) is 4.90. The van der Waals surface area contributed by atoms with Crippen LogP contribution in [-0.2, 0) is 36.8 Å². The third-order valence-corrected chi connectivity index (χ3v) is 7.83. The average molecular weight is 427 g/mol. The SMILES string of the molecule is COC(=O)[C@@H]1Cc2ccccc2CN1C(=O)COC(=O)C12C[C@@H]3C[C@@H](CC(O)(C3)C1)C2. The first kappa shape index (κ1) is 20.5. The van der Waals surface area contributed by atoms with E-state index >= 15 is 0 Å². The van der Waals surface area contributed by atoms with Gasteiger partial charge in [-0.05, 0) is 61.5 Å². The smallest absolute Gasteiger partial charge is 0.328 e. The fourth-order valence-electron chi connectivity index (χ4n) is 6.95. The Labute approximate surface area is 181 Å². The van der Waals surface area contributed by atoms with Crippen LogP contribution in [0.4, 0.5) is 0 Å². The van der Waals surface area contributed by atoms with Gasteiger partial charge in [-0.25, -0.2) is 4.79 Å². The summed E-state index contributed by atoms with van der Waals surface area (Å²) in [5.41, 5.74) is 0.557. The number of benzene rings is 1. The summed E-state index contributed by atoms with van der Waals surface area (Å²) in [6, 6.07) is 6.96. The molecule has 4 aliphatic carbocycles. The Kier molecular flexibility index (Phi) is 4.84. The fourth-order valence-corrected chi connectivity index (χ4v) is 6.95. The van der Waals surface area contributed by atoms with E-state index in [1.165, 1.54) is 12.0 Å². The average Bonchev–Trinajstić information content (AvgIpc) is 2.74. The molecule has 5 atom stereocenters. The first-order valence-corrected chi connectivity index (χ1v) is 11.1. The standard InChI is InChI=1S/C24H29NO6/c1-30-21(27)19-7-17-4-2-3-5-18(17)12-25(19)20(26)13-31-22(28)23-8-15-6-16(9-23)11-24(29,10-15)14-23/h2-5,15-16,19,29H,6-14H2,1H3/t15-,16+,19-,23?,24?/m0/s1. The number of rotatable bonds is 4. The Morgan fingerprint density at radius 3 is 2.42 bits per heavy atom. The molecule has 0 spiro atoms. The number of carbonyl (C=O) groups is 3. The molecule has 0 radical (unpaired) electrons. The fraction of sp³-hybridized carbons (Fsp3) is 0.625. The molecule has 5 aliphatic rings. The maximum atomic E-state index is 13.1. The zero-order chi connectivity index (χ0) is 21.8. The molecule has 1 aromatic rings. The second kappa shape index (κ2) is 7.33. The Balaban J connectivity index is 1.28. The van der Waals surface area contributed by atoms with Gasteiger partial charge in [0.1, 0.15) is 6.04 Å². The van der Waals surface area contributed by atoms with Gasteiger partial charge in [-0.2, -0.15) is 0 Å². The van der Waals surface area contributed by atoms with Crippen LogP contribution in [0.2, 0.25) is 0 Å². The highest BCUT2D eigenvalue weighted by Gasteiger charge is 2.61. The second-order valence-corrected chi connectivity index (χ2v) is 10.1. The van der Waals surface area contributed by atoms with Crippen molar-refractivity contribution in [2.24, 2.45) is 17.3 Å². The van der Waals surface area contributed by atoms with Gasteiger partial charge < -0.3 is 19.5 Å².